The summed E-state index contributed by atoms with van der Waals surface area (Å²) >= 11 is 0. The third-order valence-corrected chi connectivity index (χ3v) is 5.16. The van der Waals surface area contributed by atoms with Crippen LogP contribution in [-0.4, -0.2) is 36.1 Å². The molecule has 0 spiro atoms. The van der Waals surface area contributed by atoms with Crippen molar-refractivity contribution >= 4 is 22.9 Å². The monoisotopic (exact) mass is 351 g/mol. The standard InChI is InChI=1S/C21H25N3O2/c1-3-24(4-2)12-6-8-13-7-5-9-14-17(13)21(26)19-16(23)11-10-15(22)18(19)20(14)25/h5,7,9-11H,3-4,6,8,12,22-23H2,1-2H3. The van der Waals surface area contributed by atoms with Crippen molar-refractivity contribution in [1.29, 1.82) is 0 Å². The van der Waals surface area contributed by atoms with Crippen molar-refractivity contribution in [3.63, 3.8) is 0 Å². The van der Waals surface area contributed by atoms with Crippen LogP contribution in [0.2, 0.25) is 0 Å². The molecule has 1 aliphatic carbocycles. The molecule has 0 saturated heterocycles. The van der Waals surface area contributed by atoms with E-state index in [1.807, 2.05) is 12.1 Å². The molecular weight excluding hydrogens is 326 g/mol. The zero-order valence-electron chi connectivity index (χ0n) is 15.3. The molecule has 3 rings (SSSR count). The van der Waals surface area contributed by atoms with Crippen LogP contribution < -0.4 is 11.5 Å². The van der Waals surface area contributed by atoms with E-state index in [9.17, 15) is 9.59 Å². The van der Waals surface area contributed by atoms with E-state index < -0.39 is 0 Å². The van der Waals surface area contributed by atoms with Crippen LogP contribution in [0, 0.1) is 0 Å². The van der Waals surface area contributed by atoms with Gasteiger partial charge in [-0.25, -0.2) is 0 Å². The summed E-state index contributed by atoms with van der Waals surface area (Å²) < 4.78 is 0. The maximum Gasteiger partial charge on any atom is 0.196 e. The molecule has 1 aliphatic rings. The average molecular weight is 351 g/mol. The minimum atomic E-state index is -0.218. The predicted octanol–water partition coefficient (Wildman–Crippen LogP) is 2.90. The maximum atomic E-state index is 13.2. The van der Waals surface area contributed by atoms with E-state index in [1.165, 1.54) is 0 Å². The minimum absolute atomic E-state index is 0.196. The topological polar surface area (TPSA) is 89.4 Å². The fourth-order valence-electron chi connectivity index (χ4n) is 3.68. The molecule has 0 heterocycles. The third-order valence-electron chi connectivity index (χ3n) is 5.16. The number of carbonyl (C=O) groups is 2. The van der Waals surface area contributed by atoms with Crippen LogP contribution in [0.15, 0.2) is 30.3 Å². The molecule has 0 aliphatic heterocycles. The lowest BCUT2D eigenvalue weighted by Gasteiger charge is -2.23. The summed E-state index contributed by atoms with van der Waals surface area (Å²) in [6.07, 6.45) is 1.68. The molecule has 5 nitrogen and oxygen atoms in total. The van der Waals surface area contributed by atoms with E-state index >= 15 is 0 Å². The van der Waals surface area contributed by atoms with Crippen LogP contribution in [0.4, 0.5) is 11.4 Å². The molecule has 0 amide bonds. The Labute approximate surface area is 154 Å². The maximum absolute atomic E-state index is 13.2. The second-order valence-electron chi connectivity index (χ2n) is 6.62. The summed E-state index contributed by atoms with van der Waals surface area (Å²) in [4.78, 5) is 28.5. The van der Waals surface area contributed by atoms with Crippen LogP contribution in [0.25, 0.3) is 0 Å². The van der Waals surface area contributed by atoms with Gasteiger partial charge in [-0.1, -0.05) is 32.0 Å². The molecule has 0 unspecified atom stereocenters. The van der Waals surface area contributed by atoms with Crippen molar-refractivity contribution in [2.75, 3.05) is 31.1 Å². The zero-order valence-corrected chi connectivity index (χ0v) is 15.3. The highest BCUT2D eigenvalue weighted by atomic mass is 16.1. The van der Waals surface area contributed by atoms with Crippen LogP contribution in [-0.2, 0) is 6.42 Å². The first kappa shape index (κ1) is 18.1. The Balaban J connectivity index is 1.98. The van der Waals surface area contributed by atoms with Gasteiger partial charge in [0, 0.05) is 22.5 Å². The van der Waals surface area contributed by atoms with Crippen LogP contribution in [0.3, 0.4) is 0 Å². The Morgan fingerprint density at radius 1 is 0.846 bits per heavy atom. The number of rotatable bonds is 6. The number of hydrogen-bond acceptors (Lipinski definition) is 5. The number of nitrogens with two attached hydrogens (primary N) is 2. The van der Waals surface area contributed by atoms with E-state index in [4.69, 9.17) is 11.5 Å². The van der Waals surface area contributed by atoms with Crippen molar-refractivity contribution in [3.8, 4) is 0 Å². The van der Waals surface area contributed by atoms with Gasteiger partial charge < -0.3 is 16.4 Å². The molecule has 0 radical (unpaired) electrons. The number of aryl methyl sites for hydroxylation is 1. The van der Waals surface area contributed by atoms with Crippen LogP contribution >= 0.6 is 0 Å². The van der Waals surface area contributed by atoms with Gasteiger partial charge in [-0.2, -0.15) is 0 Å². The number of hydrogen-bond donors (Lipinski definition) is 2. The highest BCUT2D eigenvalue weighted by molar-refractivity contribution is 6.32. The number of nitrogen functional groups attached to an aromatic ring is 2. The number of fused-ring (bicyclic) bond motifs is 2. The molecule has 0 fully saturated rings. The molecule has 5 heteroatoms. The van der Waals surface area contributed by atoms with Crippen molar-refractivity contribution in [1.82, 2.24) is 4.90 Å². The molecule has 136 valence electrons. The average Bonchev–Trinajstić information content (AvgIpc) is 2.65. The van der Waals surface area contributed by atoms with Gasteiger partial charge in [0.2, 0.25) is 0 Å². The minimum Gasteiger partial charge on any atom is -0.398 e. The summed E-state index contributed by atoms with van der Waals surface area (Å²) in [5, 5.41) is 0. The first-order valence-corrected chi connectivity index (χ1v) is 9.11. The second-order valence-corrected chi connectivity index (χ2v) is 6.62. The molecule has 0 saturated carbocycles. The van der Waals surface area contributed by atoms with Gasteiger partial charge in [-0.3, -0.25) is 9.59 Å². The molecule has 0 aromatic heterocycles. The lowest BCUT2D eigenvalue weighted by atomic mass is 9.79. The number of carbonyl (C=O) groups excluding carboxylic acids is 2. The van der Waals surface area contributed by atoms with E-state index in [2.05, 4.69) is 18.7 Å². The fraction of sp³-hybridized carbons (Fsp3) is 0.333. The van der Waals surface area contributed by atoms with Crippen molar-refractivity contribution in [3.05, 3.63) is 58.1 Å². The Kier molecular flexibility index (Phi) is 5.09. The van der Waals surface area contributed by atoms with Gasteiger partial charge in [0.1, 0.15) is 0 Å². The van der Waals surface area contributed by atoms with Crippen molar-refractivity contribution in [2.45, 2.75) is 26.7 Å². The van der Waals surface area contributed by atoms with Gasteiger partial charge in [-0.05, 0) is 50.2 Å². The van der Waals surface area contributed by atoms with Gasteiger partial charge in [0.25, 0.3) is 0 Å². The molecular formula is C21H25N3O2. The third kappa shape index (κ3) is 2.99. The molecule has 26 heavy (non-hydrogen) atoms. The SMILES string of the molecule is CCN(CC)CCCc1cccc2c1C(=O)c1c(N)ccc(N)c1C2=O. The Bertz CT molecular complexity index is 870. The van der Waals surface area contributed by atoms with Crippen molar-refractivity contribution < 1.29 is 9.59 Å². The van der Waals surface area contributed by atoms with Gasteiger partial charge in [0.05, 0.1) is 11.1 Å². The molecule has 0 atom stereocenters. The first-order valence-electron chi connectivity index (χ1n) is 9.11. The Morgan fingerprint density at radius 3 is 2.08 bits per heavy atom. The smallest absolute Gasteiger partial charge is 0.196 e. The van der Waals surface area contributed by atoms with Crippen LogP contribution in [0.5, 0.6) is 0 Å². The van der Waals surface area contributed by atoms with Gasteiger partial charge in [0.15, 0.2) is 11.6 Å². The number of anilines is 2. The van der Waals surface area contributed by atoms with Gasteiger partial charge in [-0.15, -0.1) is 0 Å². The number of nitrogens with zero attached hydrogens (tertiary/aromatic N) is 1. The predicted molar refractivity (Wildman–Crippen MR) is 105 cm³/mol. The molecule has 4 N–H and O–H groups in total. The highest BCUT2D eigenvalue weighted by Crippen LogP contribution is 2.35. The van der Waals surface area contributed by atoms with E-state index in [0.29, 0.717) is 22.5 Å². The lowest BCUT2D eigenvalue weighted by molar-refractivity contribution is 0.0979. The number of ketones is 2. The number of benzene rings is 2. The van der Waals surface area contributed by atoms with E-state index in [1.54, 1.807) is 18.2 Å². The summed E-state index contributed by atoms with van der Waals surface area (Å²) in [5.41, 5.74) is 14.9. The first-order chi connectivity index (χ1) is 12.5. The normalized spacial score (nSPS) is 13.0. The summed E-state index contributed by atoms with van der Waals surface area (Å²) in [7, 11) is 0. The highest BCUT2D eigenvalue weighted by Gasteiger charge is 2.34. The van der Waals surface area contributed by atoms with Crippen LogP contribution in [0.1, 0.15) is 57.7 Å². The molecule has 2 aromatic rings. The van der Waals surface area contributed by atoms with Gasteiger partial charge >= 0.3 is 0 Å². The van der Waals surface area contributed by atoms with E-state index in [0.717, 1.165) is 38.0 Å². The zero-order chi connectivity index (χ0) is 18.8. The van der Waals surface area contributed by atoms with Crippen molar-refractivity contribution in [2.24, 2.45) is 0 Å². The quantitative estimate of drug-likeness (QED) is 0.667. The second kappa shape index (κ2) is 7.30. The summed E-state index contributed by atoms with van der Waals surface area (Å²) in [5.74, 6) is -0.414. The summed E-state index contributed by atoms with van der Waals surface area (Å²) in [6.45, 7) is 7.25. The molecule has 2 aromatic carbocycles. The summed E-state index contributed by atoms with van der Waals surface area (Å²) in [6, 6.07) is 8.64. The Morgan fingerprint density at radius 2 is 1.46 bits per heavy atom. The van der Waals surface area contributed by atoms with E-state index in [-0.39, 0.29) is 22.7 Å². The molecule has 0 bridgehead atoms. The lowest BCUT2D eigenvalue weighted by Crippen LogP contribution is -2.26. The Hall–Kier alpha value is -2.66. The fourth-order valence-corrected chi connectivity index (χ4v) is 3.68. The largest absolute Gasteiger partial charge is 0.398 e.